The van der Waals surface area contributed by atoms with Gasteiger partial charge in [-0.05, 0) is 37.6 Å². The molecular weight excluding hydrogens is 270 g/mol. The van der Waals surface area contributed by atoms with Crippen LogP contribution in [0.3, 0.4) is 0 Å². The number of rotatable bonds is 4. The number of nitrogens with one attached hydrogen (secondary N) is 1. The molecule has 16 heavy (non-hydrogen) atoms. The molecule has 4 heteroatoms. The normalized spacial score (nSPS) is 11.3. The zero-order valence-electron chi connectivity index (χ0n) is 9.25. The summed E-state index contributed by atoms with van der Waals surface area (Å²) in [5, 5.41) is 11.8. The van der Waals surface area contributed by atoms with E-state index in [4.69, 9.17) is 5.11 Å². The maximum atomic E-state index is 10.5. The number of aliphatic carboxylic acids is 1. The van der Waals surface area contributed by atoms with Crippen LogP contribution in [-0.2, 0) is 4.79 Å². The van der Waals surface area contributed by atoms with Crippen molar-refractivity contribution in [3.8, 4) is 0 Å². The highest BCUT2D eigenvalue weighted by atomic mass is 79.9. The van der Waals surface area contributed by atoms with Crippen molar-refractivity contribution in [2.75, 3.05) is 11.9 Å². The van der Waals surface area contributed by atoms with Crippen LogP contribution in [0.4, 0.5) is 5.69 Å². The molecule has 0 saturated carbocycles. The Labute approximate surface area is 103 Å². The van der Waals surface area contributed by atoms with Gasteiger partial charge in [-0.3, -0.25) is 0 Å². The fourth-order valence-electron chi connectivity index (χ4n) is 1.16. The maximum absolute atomic E-state index is 10.5. The number of carboxylic acid groups (broad SMARTS) is 1. The Kier molecular flexibility index (Phi) is 4.55. The molecule has 1 rings (SSSR count). The van der Waals surface area contributed by atoms with Crippen LogP contribution in [0.2, 0.25) is 0 Å². The molecule has 0 spiro atoms. The van der Waals surface area contributed by atoms with Crippen molar-refractivity contribution in [1.82, 2.24) is 0 Å². The Balaban J connectivity index is 2.59. The third-order valence-corrected chi connectivity index (χ3v) is 3.10. The molecule has 0 saturated heterocycles. The van der Waals surface area contributed by atoms with E-state index in [9.17, 15) is 4.79 Å². The number of anilines is 1. The third-order valence-electron chi connectivity index (χ3n) is 2.21. The quantitative estimate of drug-likeness (QED) is 0.835. The van der Waals surface area contributed by atoms with Gasteiger partial charge in [-0.15, -0.1) is 0 Å². The van der Waals surface area contributed by atoms with Gasteiger partial charge < -0.3 is 10.4 Å². The van der Waals surface area contributed by atoms with E-state index in [0.717, 1.165) is 15.7 Å². The summed E-state index contributed by atoms with van der Waals surface area (Å²) in [5.41, 5.74) is 2.47. The first-order valence-corrected chi connectivity index (χ1v) is 5.70. The first-order valence-electron chi connectivity index (χ1n) is 4.91. The van der Waals surface area contributed by atoms with Gasteiger partial charge in [0.15, 0.2) is 0 Å². The van der Waals surface area contributed by atoms with Crippen molar-refractivity contribution in [1.29, 1.82) is 0 Å². The minimum absolute atomic E-state index is 0.348. The van der Waals surface area contributed by atoms with Crippen LogP contribution in [0.15, 0.2) is 34.3 Å². The average Bonchev–Trinajstić information content (AvgIpc) is 2.23. The zero-order chi connectivity index (χ0) is 12.1. The molecule has 0 aliphatic heterocycles. The zero-order valence-corrected chi connectivity index (χ0v) is 10.8. The number of aryl methyl sites for hydroxylation is 1. The molecule has 0 aliphatic rings. The highest BCUT2D eigenvalue weighted by Gasteiger charge is 1.99. The Bertz CT molecular complexity index is 427. The molecule has 1 aromatic carbocycles. The first kappa shape index (κ1) is 12.8. The number of hydrogen-bond acceptors (Lipinski definition) is 2. The molecule has 0 amide bonds. The largest absolute Gasteiger partial charge is 0.478 e. The van der Waals surface area contributed by atoms with E-state index in [1.165, 1.54) is 0 Å². The van der Waals surface area contributed by atoms with Gasteiger partial charge in [-0.25, -0.2) is 4.79 Å². The first-order chi connectivity index (χ1) is 7.50. The van der Waals surface area contributed by atoms with Crippen LogP contribution in [0, 0.1) is 6.92 Å². The minimum Gasteiger partial charge on any atom is -0.478 e. The van der Waals surface area contributed by atoms with Gasteiger partial charge in [0, 0.05) is 22.3 Å². The van der Waals surface area contributed by atoms with Crippen molar-refractivity contribution < 1.29 is 9.90 Å². The van der Waals surface area contributed by atoms with Gasteiger partial charge in [0.2, 0.25) is 0 Å². The molecular formula is C12H14BrNO2. The highest BCUT2D eigenvalue weighted by molar-refractivity contribution is 9.10. The minimum atomic E-state index is -0.881. The molecule has 3 nitrogen and oxygen atoms in total. The van der Waals surface area contributed by atoms with Crippen molar-refractivity contribution in [3.63, 3.8) is 0 Å². The smallest absolute Gasteiger partial charge is 0.331 e. The van der Waals surface area contributed by atoms with Gasteiger partial charge in [0.25, 0.3) is 0 Å². The van der Waals surface area contributed by atoms with Crippen LogP contribution in [0.1, 0.15) is 12.5 Å². The van der Waals surface area contributed by atoms with E-state index in [2.05, 4.69) is 21.2 Å². The van der Waals surface area contributed by atoms with E-state index < -0.39 is 5.97 Å². The highest BCUT2D eigenvalue weighted by Crippen LogP contribution is 2.19. The maximum Gasteiger partial charge on any atom is 0.331 e. The van der Waals surface area contributed by atoms with E-state index in [-0.39, 0.29) is 0 Å². The van der Waals surface area contributed by atoms with E-state index in [1.54, 1.807) is 13.0 Å². The Hall–Kier alpha value is -1.29. The molecule has 0 bridgehead atoms. The molecule has 0 unspecified atom stereocenters. The van der Waals surface area contributed by atoms with Crippen molar-refractivity contribution in [2.45, 2.75) is 13.8 Å². The lowest BCUT2D eigenvalue weighted by Crippen LogP contribution is -2.03. The molecule has 0 atom stereocenters. The van der Waals surface area contributed by atoms with Crippen LogP contribution in [0.25, 0.3) is 0 Å². The average molecular weight is 284 g/mol. The third kappa shape index (κ3) is 3.70. The summed E-state index contributed by atoms with van der Waals surface area (Å²) in [6.45, 7) is 4.10. The predicted molar refractivity (Wildman–Crippen MR) is 68.8 cm³/mol. The summed E-state index contributed by atoms with van der Waals surface area (Å²) in [6.07, 6.45) is 1.65. The number of halogens is 1. The molecule has 0 radical (unpaired) electrons. The van der Waals surface area contributed by atoms with Gasteiger partial charge >= 0.3 is 5.97 Å². The van der Waals surface area contributed by atoms with Gasteiger partial charge in [0.1, 0.15) is 0 Å². The summed E-state index contributed by atoms with van der Waals surface area (Å²) in [5.74, 6) is -0.881. The summed E-state index contributed by atoms with van der Waals surface area (Å²) < 4.78 is 1.07. The monoisotopic (exact) mass is 283 g/mol. The van der Waals surface area contributed by atoms with Crippen molar-refractivity contribution in [3.05, 3.63) is 39.9 Å². The Morgan fingerprint density at radius 2 is 2.25 bits per heavy atom. The van der Waals surface area contributed by atoms with Gasteiger partial charge in [-0.1, -0.05) is 22.0 Å². The van der Waals surface area contributed by atoms with Gasteiger partial charge in [0.05, 0.1) is 0 Å². The summed E-state index contributed by atoms with van der Waals surface area (Å²) in [6, 6.07) is 5.92. The van der Waals surface area contributed by atoms with E-state index >= 15 is 0 Å². The molecule has 0 heterocycles. The molecule has 86 valence electrons. The second kappa shape index (κ2) is 5.70. The van der Waals surface area contributed by atoms with Crippen LogP contribution in [-0.4, -0.2) is 17.6 Å². The predicted octanol–water partition coefficient (Wildman–Crippen LogP) is 3.20. The topological polar surface area (TPSA) is 49.3 Å². The Morgan fingerprint density at radius 1 is 1.56 bits per heavy atom. The lowest BCUT2D eigenvalue weighted by atomic mass is 10.2. The summed E-state index contributed by atoms with van der Waals surface area (Å²) in [7, 11) is 0. The second-order valence-corrected chi connectivity index (χ2v) is 4.39. The van der Waals surface area contributed by atoms with Crippen molar-refractivity contribution in [2.24, 2.45) is 0 Å². The Morgan fingerprint density at radius 3 is 2.81 bits per heavy atom. The molecule has 1 aromatic rings. The molecule has 0 aromatic heterocycles. The SMILES string of the molecule is C/C(=C/CNc1ccc(Br)c(C)c1)C(=O)O. The number of hydrogen-bond donors (Lipinski definition) is 2. The van der Waals surface area contributed by atoms with Crippen LogP contribution in [0.5, 0.6) is 0 Å². The van der Waals surface area contributed by atoms with E-state index in [0.29, 0.717) is 12.1 Å². The standard InChI is InChI=1S/C12H14BrNO2/c1-8(12(15)16)5-6-14-10-3-4-11(13)9(2)7-10/h3-5,7,14H,6H2,1-2H3,(H,15,16)/b8-5-. The molecule has 0 aliphatic carbocycles. The second-order valence-electron chi connectivity index (χ2n) is 3.54. The van der Waals surface area contributed by atoms with Crippen LogP contribution >= 0.6 is 15.9 Å². The fourth-order valence-corrected chi connectivity index (χ4v) is 1.41. The lowest BCUT2D eigenvalue weighted by Gasteiger charge is -2.06. The van der Waals surface area contributed by atoms with E-state index in [1.807, 2.05) is 25.1 Å². The number of benzene rings is 1. The fraction of sp³-hybridized carbons (Fsp3) is 0.250. The molecule has 0 fully saturated rings. The van der Waals surface area contributed by atoms with Crippen LogP contribution < -0.4 is 5.32 Å². The van der Waals surface area contributed by atoms with Gasteiger partial charge in [-0.2, -0.15) is 0 Å². The summed E-state index contributed by atoms with van der Waals surface area (Å²) >= 11 is 3.42. The molecule has 2 N–H and O–H groups in total. The number of carboxylic acids is 1. The summed E-state index contributed by atoms with van der Waals surface area (Å²) in [4.78, 5) is 10.5. The lowest BCUT2D eigenvalue weighted by molar-refractivity contribution is -0.132. The number of carbonyl (C=O) groups is 1. The van der Waals surface area contributed by atoms with Crippen molar-refractivity contribution >= 4 is 27.6 Å².